The van der Waals surface area contributed by atoms with Gasteiger partial charge in [-0.3, -0.25) is 9.59 Å². The summed E-state index contributed by atoms with van der Waals surface area (Å²) in [5, 5.41) is 5.61. The number of anilines is 1. The van der Waals surface area contributed by atoms with Crippen molar-refractivity contribution in [1.82, 2.24) is 14.7 Å². The van der Waals surface area contributed by atoms with Crippen LogP contribution in [0.5, 0.6) is 0 Å². The topological polar surface area (TPSA) is 58.4 Å². The van der Waals surface area contributed by atoms with Crippen LogP contribution in [0.4, 0.5) is 5.69 Å². The molecule has 4 aromatic rings. The Morgan fingerprint density at radius 2 is 1.23 bits per heavy atom. The van der Waals surface area contributed by atoms with Crippen LogP contribution in [0.25, 0.3) is 16.5 Å². The van der Waals surface area contributed by atoms with Crippen LogP contribution in [-0.2, 0) is 0 Å². The number of amides is 1. The third kappa shape index (κ3) is 3.57. The molecule has 0 radical (unpaired) electrons. The lowest BCUT2D eigenvalue weighted by molar-refractivity contribution is 0.0741. The van der Waals surface area contributed by atoms with Crippen molar-refractivity contribution >= 4 is 22.4 Å². The predicted octanol–water partition coefficient (Wildman–Crippen LogP) is 3.35. The minimum atomic E-state index is -0.229. The van der Waals surface area contributed by atoms with Gasteiger partial charge >= 0.3 is 0 Å². The molecule has 154 valence electrons. The number of fused-ring (bicyclic) bond motifs is 1. The highest BCUT2D eigenvalue weighted by molar-refractivity contribution is 6.05. The summed E-state index contributed by atoms with van der Waals surface area (Å²) in [6.07, 6.45) is 0. The normalized spacial score (nSPS) is 14.1. The highest BCUT2D eigenvalue weighted by atomic mass is 16.2. The highest BCUT2D eigenvalue weighted by Crippen LogP contribution is 2.20. The number of hydrogen-bond donors (Lipinski definition) is 0. The van der Waals surface area contributed by atoms with Gasteiger partial charge in [0.05, 0.1) is 11.1 Å². The van der Waals surface area contributed by atoms with Gasteiger partial charge in [0, 0.05) is 37.3 Å². The first kappa shape index (κ1) is 19.1. The number of benzene rings is 3. The van der Waals surface area contributed by atoms with Gasteiger partial charge in [0.15, 0.2) is 5.69 Å². The van der Waals surface area contributed by atoms with Gasteiger partial charge in [0.1, 0.15) is 0 Å². The zero-order valence-corrected chi connectivity index (χ0v) is 17.0. The average Bonchev–Trinajstić information content (AvgIpc) is 2.85. The minimum Gasteiger partial charge on any atom is -0.368 e. The van der Waals surface area contributed by atoms with Crippen molar-refractivity contribution in [3.05, 3.63) is 101 Å². The van der Waals surface area contributed by atoms with Gasteiger partial charge in [-0.05, 0) is 30.3 Å². The first-order chi connectivity index (χ1) is 15.2. The van der Waals surface area contributed by atoms with Crippen molar-refractivity contribution in [3.8, 4) is 5.69 Å². The molecule has 1 amide bonds. The van der Waals surface area contributed by atoms with Gasteiger partial charge < -0.3 is 9.80 Å². The van der Waals surface area contributed by atoms with Gasteiger partial charge in [-0.2, -0.15) is 9.78 Å². The molecule has 1 aliphatic heterocycles. The summed E-state index contributed by atoms with van der Waals surface area (Å²) in [6, 6.07) is 26.6. The number of nitrogens with zero attached hydrogens (tertiary/aromatic N) is 4. The summed E-state index contributed by atoms with van der Waals surface area (Å²) in [6.45, 7) is 2.72. The van der Waals surface area contributed by atoms with E-state index in [4.69, 9.17) is 0 Å². The van der Waals surface area contributed by atoms with Crippen molar-refractivity contribution in [2.24, 2.45) is 0 Å². The lowest BCUT2D eigenvalue weighted by atomic mass is 10.1. The molecule has 1 aromatic heterocycles. The highest BCUT2D eigenvalue weighted by Gasteiger charge is 2.26. The number of carbonyl (C=O) groups is 1. The zero-order chi connectivity index (χ0) is 21.2. The fourth-order valence-corrected chi connectivity index (χ4v) is 4.05. The van der Waals surface area contributed by atoms with Gasteiger partial charge in [-0.25, -0.2) is 0 Å². The Kier molecular flexibility index (Phi) is 4.96. The van der Waals surface area contributed by atoms with E-state index in [1.54, 1.807) is 12.1 Å². The molecule has 1 saturated heterocycles. The molecule has 0 spiro atoms. The molecule has 5 rings (SSSR count). The van der Waals surface area contributed by atoms with Crippen molar-refractivity contribution in [1.29, 1.82) is 0 Å². The molecule has 0 aliphatic carbocycles. The molecular weight excluding hydrogens is 388 g/mol. The lowest BCUT2D eigenvalue weighted by Gasteiger charge is -2.36. The molecule has 0 bridgehead atoms. The summed E-state index contributed by atoms with van der Waals surface area (Å²) in [5.74, 6) is -0.145. The summed E-state index contributed by atoms with van der Waals surface area (Å²) in [4.78, 5) is 30.6. The predicted molar refractivity (Wildman–Crippen MR) is 122 cm³/mol. The number of aromatic nitrogens is 2. The molecule has 2 heterocycles. The smallest absolute Gasteiger partial charge is 0.279 e. The van der Waals surface area contributed by atoms with Crippen LogP contribution in [0.15, 0.2) is 89.7 Å². The molecule has 1 aliphatic rings. The van der Waals surface area contributed by atoms with Crippen molar-refractivity contribution < 1.29 is 4.79 Å². The summed E-state index contributed by atoms with van der Waals surface area (Å²) >= 11 is 0. The summed E-state index contributed by atoms with van der Waals surface area (Å²) < 4.78 is 1.33. The molecule has 6 heteroatoms. The number of piperazine rings is 1. The second kappa shape index (κ2) is 8.07. The van der Waals surface area contributed by atoms with Crippen molar-refractivity contribution in [2.75, 3.05) is 31.1 Å². The van der Waals surface area contributed by atoms with E-state index in [0.717, 1.165) is 18.8 Å². The largest absolute Gasteiger partial charge is 0.368 e. The van der Waals surface area contributed by atoms with Crippen LogP contribution >= 0.6 is 0 Å². The SMILES string of the molecule is O=C(c1nn(-c2ccccc2)c(=O)c2ccccc12)N1CCN(c2ccccc2)CC1. The van der Waals surface area contributed by atoms with Crippen LogP contribution < -0.4 is 10.5 Å². The molecule has 0 saturated carbocycles. The van der Waals surface area contributed by atoms with Crippen LogP contribution in [-0.4, -0.2) is 46.8 Å². The second-order valence-corrected chi connectivity index (χ2v) is 7.56. The van der Waals surface area contributed by atoms with E-state index in [9.17, 15) is 9.59 Å². The van der Waals surface area contributed by atoms with Crippen LogP contribution in [0.2, 0.25) is 0 Å². The Morgan fingerprint density at radius 3 is 1.87 bits per heavy atom. The maximum Gasteiger partial charge on any atom is 0.279 e. The zero-order valence-electron chi connectivity index (χ0n) is 17.0. The number of rotatable bonds is 3. The average molecular weight is 410 g/mol. The first-order valence-electron chi connectivity index (χ1n) is 10.4. The van der Waals surface area contributed by atoms with Crippen LogP contribution in [0.1, 0.15) is 10.5 Å². The van der Waals surface area contributed by atoms with Crippen LogP contribution in [0, 0.1) is 0 Å². The Hall–Kier alpha value is -3.93. The maximum absolute atomic E-state index is 13.5. The first-order valence-corrected chi connectivity index (χ1v) is 10.4. The quantitative estimate of drug-likeness (QED) is 0.520. The standard InChI is InChI=1S/C25H22N4O2/c30-24-22-14-8-7-13-21(22)23(26-29(24)20-11-5-2-6-12-20)25(31)28-17-15-27(16-18-28)19-9-3-1-4-10-19/h1-14H,15-18H2. The van der Waals surface area contributed by atoms with Crippen molar-refractivity contribution in [3.63, 3.8) is 0 Å². The molecule has 0 N–H and O–H groups in total. The van der Waals surface area contributed by atoms with Gasteiger partial charge in [-0.1, -0.05) is 54.6 Å². The molecule has 0 atom stereocenters. The third-order valence-electron chi connectivity index (χ3n) is 5.70. The lowest BCUT2D eigenvalue weighted by Crippen LogP contribution is -2.49. The van der Waals surface area contributed by atoms with E-state index in [1.165, 1.54) is 4.68 Å². The van der Waals surface area contributed by atoms with E-state index in [-0.39, 0.29) is 11.5 Å². The number of para-hydroxylation sites is 2. The Balaban J connectivity index is 1.49. The van der Waals surface area contributed by atoms with Gasteiger partial charge in [0.2, 0.25) is 0 Å². The molecule has 1 fully saturated rings. The Bertz CT molecular complexity index is 1280. The van der Waals surface area contributed by atoms with Gasteiger partial charge in [0.25, 0.3) is 11.5 Å². The third-order valence-corrected chi connectivity index (χ3v) is 5.70. The van der Waals surface area contributed by atoms with E-state index in [1.807, 2.05) is 65.6 Å². The van der Waals surface area contributed by atoms with E-state index < -0.39 is 0 Å². The van der Waals surface area contributed by atoms with E-state index >= 15 is 0 Å². The minimum absolute atomic E-state index is 0.145. The Labute approximate surface area is 180 Å². The fourth-order valence-electron chi connectivity index (χ4n) is 4.05. The monoisotopic (exact) mass is 410 g/mol. The number of hydrogen-bond acceptors (Lipinski definition) is 4. The second-order valence-electron chi connectivity index (χ2n) is 7.56. The van der Waals surface area contributed by atoms with Crippen molar-refractivity contribution in [2.45, 2.75) is 0 Å². The molecular formula is C25H22N4O2. The summed E-state index contributed by atoms with van der Waals surface area (Å²) in [7, 11) is 0. The van der Waals surface area contributed by atoms with E-state index in [2.05, 4.69) is 22.1 Å². The van der Waals surface area contributed by atoms with Gasteiger partial charge in [-0.15, -0.1) is 0 Å². The Morgan fingerprint density at radius 1 is 0.677 bits per heavy atom. The molecule has 6 nitrogen and oxygen atoms in total. The number of carbonyl (C=O) groups excluding carboxylic acids is 1. The molecule has 31 heavy (non-hydrogen) atoms. The maximum atomic E-state index is 13.5. The molecule has 0 unspecified atom stereocenters. The molecule has 3 aromatic carbocycles. The van der Waals surface area contributed by atoms with E-state index in [0.29, 0.717) is 35.2 Å². The van der Waals surface area contributed by atoms with Crippen LogP contribution in [0.3, 0.4) is 0 Å². The fraction of sp³-hybridized carbons (Fsp3) is 0.160. The summed E-state index contributed by atoms with van der Waals surface area (Å²) in [5.41, 5.74) is 1.89.